The van der Waals surface area contributed by atoms with Crippen molar-refractivity contribution >= 4 is 33.3 Å². The summed E-state index contributed by atoms with van der Waals surface area (Å²) in [6, 6.07) is 6.49. The molecule has 0 atom stereocenters. The molecule has 0 radical (unpaired) electrons. The molecule has 0 fully saturated rings. The number of hydrogen-bond donors (Lipinski definition) is 2. The zero-order valence-electron chi connectivity index (χ0n) is 11.4. The number of halogens is 2. The van der Waals surface area contributed by atoms with E-state index in [2.05, 4.69) is 43.5 Å². The topological polar surface area (TPSA) is 49.8 Å². The average molecular weight is 339 g/mol. The monoisotopic (exact) mass is 338 g/mol. The minimum Gasteiger partial charge on any atom is -0.370 e. The van der Waals surface area contributed by atoms with Gasteiger partial charge in [0.2, 0.25) is 0 Å². The predicted molar refractivity (Wildman–Crippen MR) is 82.9 cm³/mol. The van der Waals surface area contributed by atoms with Gasteiger partial charge < -0.3 is 10.6 Å². The van der Waals surface area contributed by atoms with Crippen molar-refractivity contribution in [3.63, 3.8) is 0 Å². The van der Waals surface area contributed by atoms with Crippen molar-refractivity contribution in [3.8, 4) is 0 Å². The Labute approximate surface area is 126 Å². The Morgan fingerprint density at radius 3 is 2.70 bits per heavy atom. The molecule has 2 N–H and O–H groups in total. The third kappa shape index (κ3) is 3.90. The summed E-state index contributed by atoms with van der Waals surface area (Å²) in [6.45, 7) is 4.72. The van der Waals surface area contributed by atoms with Crippen LogP contribution in [0.3, 0.4) is 0 Å². The number of rotatable bonds is 5. The summed E-state index contributed by atoms with van der Waals surface area (Å²) in [5.41, 5.74) is 0.374. The lowest BCUT2D eigenvalue weighted by molar-refractivity contribution is 0.631. The second-order valence-electron chi connectivity index (χ2n) is 4.36. The summed E-state index contributed by atoms with van der Waals surface area (Å²) >= 11 is 3.32. The van der Waals surface area contributed by atoms with E-state index in [1.807, 2.05) is 0 Å². The van der Waals surface area contributed by atoms with Gasteiger partial charge in [0.1, 0.15) is 23.3 Å². The fraction of sp³-hybridized carbons (Fsp3) is 0.286. The lowest BCUT2D eigenvalue weighted by Crippen LogP contribution is -2.06. The smallest absolute Gasteiger partial charge is 0.146 e. The Hall–Kier alpha value is -1.69. The lowest BCUT2D eigenvalue weighted by atomic mass is 10.3. The van der Waals surface area contributed by atoms with Crippen LogP contribution in [0.25, 0.3) is 0 Å². The van der Waals surface area contributed by atoms with Gasteiger partial charge in [-0.15, -0.1) is 0 Å². The van der Waals surface area contributed by atoms with E-state index in [0.29, 0.717) is 17.3 Å². The van der Waals surface area contributed by atoms with Gasteiger partial charge in [-0.25, -0.2) is 14.4 Å². The highest BCUT2D eigenvalue weighted by molar-refractivity contribution is 9.10. The Balaban J connectivity index is 2.24. The summed E-state index contributed by atoms with van der Waals surface area (Å²) in [5.74, 6) is 1.60. The summed E-state index contributed by atoms with van der Waals surface area (Å²) in [5, 5.41) is 6.17. The van der Waals surface area contributed by atoms with Gasteiger partial charge in [-0.1, -0.05) is 22.9 Å². The molecule has 1 aromatic heterocycles. The molecule has 0 amide bonds. The normalized spacial score (nSPS) is 10.4. The fourth-order valence-corrected chi connectivity index (χ4v) is 2.07. The Morgan fingerprint density at radius 1 is 1.20 bits per heavy atom. The van der Waals surface area contributed by atoms with Crippen LogP contribution >= 0.6 is 15.9 Å². The molecule has 0 aliphatic carbocycles. The van der Waals surface area contributed by atoms with Crippen LogP contribution in [0.15, 0.2) is 28.7 Å². The molecule has 0 saturated carbocycles. The number of benzene rings is 1. The Morgan fingerprint density at radius 2 is 1.95 bits per heavy atom. The van der Waals surface area contributed by atoms with Crippen LogP contribution in [0.5, 0.6) is 0 Å². The van der Waals surface area contributed by atoms with Crippen LogP contribution in [0, 0.1) is 12.7 Å². The van der Waals surface area contributed by atoms with E-state index in [9.17, 15) is 4.39 Å². The van der Waals surface area contributed by atoms with Crippen LogP contribution < -0.4 is 10.6 Å². The van der Waals surface area contributed by atoms with Crippen molar-refractivity contribution in [2.24, 2.45) is 0 Å². The predicted octanol–water partition coefficient (Wildman–Crippen LogP) is 4.25. The molecule has 2 rings (SSSR count). The first-order valence-electron chi connectivity index (χ1n) is 6.40. The summed E-state index contributed by atoms with van der Waals surface area (Å²) in [6.07, 6.45) is 1.01. The van der Waals surface area contributed by atoms with E-state index in [1.165, 1.54) is 6.07 Å². The Kier molecular flexibility index (Phi) is 4.89. The highest BCUT2D eigenvalue weighted by atomic mass is 79.9. The standard InChI is InChI=1S/C14H16BrFN4/c1-3-6-17-13-8-14(19-9(2)18-13)20-12-7-10(15)4-5-11(12)16/h4-5,7-8H,3,6H2,1-2H3,(H2,17,18,19,20). The molecule has 1 heterocycles. The molecule has 0 aliphatic heterocycles. The summed E-state index contributed by atoms with van der Waals surface area (Å²) in [7, 11) is 0. The third-order valence-electron chi connectivity index (χ3n) is 2.59. The SMILES string of the molecule is CCCNc1cc(Nc2cc(Br)ccc2F)nc(C)n1. The number of anilines is 3. The first kappa shape index (κ1) is 14.7. The van der Waals surface area contributed by atoms with Crippen molar-refractivity contribution < 1.29 is 4.39 Å². The van der Waals surface area contributed by atoms with Crippen LogP contribution in [0.1, 0.15) is 19.2 Å². The zero-order valence-corrected chi connectivity index (χ0v) is 13.0. The number of hydrogen-bond acceptors (Lipinski definition) is 4. The van der Waals surface area contributed by atoms with E-state index in [-0.39, 0.29) is 5.82 Å². The molecule has 4 nitrogen and oxygen atoms in total. The lowest BCUT2D eigenvalue weighted by Gasteiger charge is -2.10. The molecule has 0 unspecified atom stereocenters. The molecule has 0 bridgehead atoms. The number of nitrogens with zero attached hydrogens (tertiary/aromatic N) is 2. The van der Waals surface area contributed by atoms with Gasteiger partial charge in [0.05, 0.1) is 5.69 Å². The zero-order chi connectivity index (χ0) is 14.5. The maximum atomic E-state index is 13.7. The van der Waals surface area contributed by atoms with Gasteiger partial charge >= 0.3 is 0 Å². The van der Waals surface area contributed by atoms with E-state index < -0.39 is 0 Å². The Bertz CT molecular complexity index is 604. The van der Waals surface area contributed by atoms with E-state index in [0.717, 1.165) is 23.3 Å². The van der Waals surface area contributed by atoms with Gasteiger partial charge in [0, 0.05) is 17.1 Å². The van der Waals surface area contributed by atoms with E-state index in [1.54, 1.807) is 25.1 Å². The molecule has 0 saturated heterocycles. The van der Waals surface area contributed by atoms with E-state index in [4.69, 9.17) is 0 Å². The molecule has 1 aromatic carbocycles. The minimum absolute atomic E-state index is 0.326. The van der Waals surface area contributed by atoms with Gasteiger partial charge in [-0.3, -0.25) is 0 Å². The number of aromatic nitrogens is 2. The molecule has 106 valence electrons. The first-order valence-corrected chi connectivity index (χ1v) is 7.19. The van der Waals surface area contributed by atoms with Gasteiger partial charge in [-0.05, 0) is 31.5 Å². The summed E-state index contributed by atoms with van der Waals surface area (Å²) < 4.78 is 14.5. The average Bonchev–Trinajstić information content (AvgIpc) is 2.40. The fourth-order valence-electron chi connectivity index (χ4n) is 1.71. The molecular formula is C14H16BrFN4. The van der Waals surface area contributed by atoms with E-state index >= 15 is 0 Å². The minimum atomic E-state index is -0.326. The van der Waals surface area contributed by atoms with Gasteiger partial charge in [-0.2, -0.15) is 0 Å². The van der Waals surface area contributed by atoms with Crippen LogP contribution in [0.2, 0.25) is 0 Å². The van der Waals surface area contributed by atoms with Crippen molar-refractivity contribution in [2.75, 3.05) is 17.2 Å². The maximum absolute atomic E-state index is 13.7. The molecule has 6 heteroatoms. The molecule has 0 aliphatic rings. The highest BCUT2D eigenvalue weighted by Gasteiger charge is 2.06. The second kappa shape index (κ2) is 6.65. The maximum Gasteiger partial charge on any atom is 0.146 e. The van der Waals surface area contributed by atoms with Crippen LogP contribution in [-0.2, 0) is 0 Å². The third-order valence-corrected chi connectivity index (χ3v) is 3.08. The number of nitrogens with one attached hydrogen (secondary N) is 2. The van der Waals surface area contributed by atoms with Crippen molar-refractivity contribution in [3.05, 3.63) is 40.4 Å². The van der Waals surface area contributed by atoms with Crippen molar-refractivity contribution in [2.45, 2.75) is 20.3 Å². The molecular weight excluding hydrogens is 323 g/mol. The van der Waals surface area contributed by atoms with Crippen LogP contribution in [-0.4, -0.2) is 16.5 Å². The first-order chi connectivity index (χ1) is 9.58. The summed E-state index contributed by atoms with van der Waals surface area (Å²) in [4.78, 5) is 8.55. The highest BCUT2D eigenvalue weighted by Crippen LogP contribution is 2.24. The van der Waals surface area contributed by atoms with Crippen molar-refractivity contribution in [1.82, 2.24) is 9.97 Å². The number of aryl methyl sites for hydroxylation is 1. The van der Waals surface area contributed by atoms with Crippen molar-refractivity contribution in [1.29, 1.82) is 0 Å². The molecule has 2 aromatic rings. The molecule has 0 spiro atoms. The van der Waals surface area contributed by atoms with Gasteiger partial charge in [0.15, 0.2) is 0 Å². The quantitative estimate of drug-likeness (QED) is 0.855. The largest absolute Gasteiger partial charge is 0.370 e. The second-order valence-corrected chi connectivity index (χ2v) is 5.28. The van der Waals surface area contributed by atoms with Gasteiger partial charge in [0.25, 0.3) is 0 Å². The van der Waals surface area contributed by atoms with Crippen LogP contribution in [0.4, 0.5) is 21.7 Å². The molecule has 20 heavy (non-hydrogen) atoms.